The molecule has 0 spiro atoms. The highest BCUT2D eigenvalue weighted by molar-refractivity contribution is 5.81. The summed E-state index contributed by atoms with van der Waals surface area (Å²) in [6.07, 6.45) is 1.14. The number of amides is 2. The zero-order chi connectivity index (χ0) is 14.1. The van der Waals surface area contributed by atoms with Crippen LogP contribution < -0.4 is 11.1 Å². The van der Waals surface area contributed by atoms with Crippen molar-refractivity contribution in [1.29, 1.82) is 0 Å². The summed E-state index contributed by atoms with van der Waals surface area (Å²) in [4.78, 5) is 13.6. The third-order valence-electron chi connectivity index (χ3n) is 2.88. The Balaban J connectivity index is 2.43. The molecule has 0 radical (unpaired) electrons. The zero-order valence-electron chi connectivity index (χ0n) is 11.2. The Morgan fingerprint density at radius 1 is 1.63 bits per heavy atom. The van der Waals surface area contributed by atoms with Crippen molar-refractivity contribution in [2.24, 2.45) is 10.9 Å². The van der Waals surface area contributed by atoms with Gasteiger partial charge in [-0.25, -0.2) is 4.79 Å². The maximum atomic E-state index is 12.1. The maximum absolute atomic E-state index is 12.1. The summed E-state index contributed by atoms with van der Waals surface area (Å²) in [6, 6.07) is -0.125. The molecule has 1 atom stereocenters. The van der Waals surface area contributed by atoms with E-state index in [1.807, 2.05) is 0 Å². The highest BCUT2D eigenvalue weighted by Crippen LogP contribution is 2.04. The number of amidine groups is 1. The average molecular weight is 274 g/mol. The number of carbonyl (C=O) groups excluding carboxylic acids is 1. The van der Waals surface area contributed by atoms with Crippen molar-refractivity contribution in [3.05, 3.63) is 0 Å². The van der Waals surface area contributed by atoms with Gasteiger partial charge in [0.1, 0.15) is 5.84 Å². The molecule has 1 fully saturated rings. The van der Waals surface area contributed by atoms with E-state index in [9.17, 15) is 4.79 Å². The van der Waals surface area contributed by atoms with Gasteiger partial charge in [-0.05, 0) is 6.42 Å². The molecule has 8 heteroatoms. The minimum atomic E-state index is -0.182. The molecule has 0 aromatic heterocycles. The van der Waals surface area contributed by atoms with Crippen molar-refractivity contribution >= 4 is 11.9 Å². The molecular weight excluding hydrogens is 252 g/mol. The SMILES string of the molecule is COCCN(CCC(N)=NO)C(=O)NC1CCOC1. The van der Waals surface area contributed by atoms with Crippen LogP contribution in [0, 0.1) is 0 Å². The van der Waals surface area contributed by atoms with E-state index in [0.29, 0.717) is 39.3 Å². The van der Waals surface area contributed by atoms with Crippen LogP contribution in [-0.2, 0) is 9.47 Å². The van der Waals surface area contributed by atoms with Gasteiger partial charge >= 0.3 is 6.03 Å². The fraction of sp³-hybridized carbons (Fsp3) is 0.818. The van der Waals surface area contributed by atoms with E-state index < -0.39 is 0 Å². The van der Waals surface area contributed by atoms with Crippen molar-refractivity contribution in [1.82, 2.24) is 10.2 Å². The van der Waals surface area contributed by atoms with Crippen LogP contribution in [0.2, 0.25) is 0 Å². The summed E-state index contributed by atoms with van der Waals surface area (Å²) in [5.74, 6) is 0.0967. The van der Waals surface area contributed by atoms with Crippen LogP contribution in [0.15, 0.2) is 5.16 Å². The Hall–Kier alpha value is -1.54. The minimum absolute atomic E-state index is 0.0569. The van der Waals surface area contributed by atoms with Crippen molar-refractivity contribution in [3.8, 4) is 0 Å². The number of nitrogens with one attached hydrogen (secondary N) is 1. The number of oxime groups is 1. The molecule has 1 saturated heterocycles. The van der Waals surface area contributed by atoms with E-state index in [1.54, 1.807) is 12.0 Å². The highest BCUT2D eigenvalue weighted by Gasteiger charge is 2.21. The van der Waals surface area contributed by atoms with Crippen molar-refractivity contribution in [2.45, 2.75) is 18.9 Å². The lowest BCUT2D eigenvalue weighted by molar-refractivity contribution is 0.146. The summed E-state index contributed by atoms with van der Waals surface area (Å²) >= 11 is 0. The van der Waals surface area contributed by atoms with E-state index in [1.165, 1.54) is 0 Å². The number of methoxy groups -OCH3 is 1. The van der Waals surface area contributed by atoms with Crippen LogP contribution in [0.4, 0.5) is 4.79 Å². The Morgan fingerprint density at radius 2 is 2.42 bits per heavy atom. The molecule has 4 N–H and O–H groups in total. The first-order chi connectivity index (χ1) is 9.17. The molecule has 0 aromatic carbocycles. The highest BCUT2D eigenvalue weighted by atomic mass is 16.5. The second-order valence-electron chi connectivity index (χ2n) is 4.33. The Kier molecular flexibility index (Phi) is 6.98. The molecule has 0 aromatic rings. The van der Waals surface area contributed by atoms with Gasteiger partial charge in [0.15, 0.2) is 0 Å². The molecule has 19 heavy (non-hydrogen) atoms. The number of nitrogens with two attached hydrogens (primary N) is 1. The summed E-state index contributed by atoms with van der Waals surface area (Å²) in [7, 11) is 1.57. The quantitative estimate of drug-likeness (QED) is 0.252. The molecule has 1 aliphatic rings. The lowest BCUT2D eigenvalue weighted by atomic mass is 10.2. The zero-order valence-corrected chi connectivity index (χ0v) is 11.2. The first kappa shape index (κ1) is 15.5. The Labute approximate surface area is 112 Å². The van der Waals surface area contributed by atoms with Gasteiger partial charge in [0.2, 0.25) is 0 Å². The molecule has 1 unspecified atom stereocenters. The minimum Gasteiger partial charge on any atom is -0.409 e. The third kappa shape index (κ3) is 5.75. The van der Waals surface area contributed by atoms with Crippen LogP contribution in [0.1, 0.15) is 12.8 Å². The Morgan fingerprint density at radius 3 is 3.00 bits per heavy atom. The first-order valence-corrected chi connectivity index (χ1v) is 6.26. The van der Waals surface area contributed by atoms with Crippen LogP contribution in [0.3, 0.4) is 0 Å². The smallest absolute Gasteiger partial charge is 0.317 e. The standard InChI is InChI=1S/C11H22N4O4/c1-18-7-5-15(4-2-10(12)14-17)11(16)13-9-3-6-19-8-9/h9,17H,2-8H2,1H3,(H2,12,14)(H,13,16). The number of ether oxygens (including phenoxy) is 2. The summed E-state index contributed by atoms with van der Waals surface area (Å²) in [5.41, 5.74) is 5.40. The summed E-state index contributed by atoms with van der Waals surface area (Å²) in [6.45, 7) is 2.48. The number of hydrogen-bond donors (Lipinski definition) is 3. The normalized spacial score (nSPS) is 19.4. The van der Waals surface area contributed by atoms with E-state index >= 15 is 0 Å². The van der Waals surface area contributed by atoms with Gasteiger partial charge in [-0.1, -0.05) is 5.16 Å². The molecule has 8 nitrogen and oxygen atoms in total. The molecule has 2 amide bonds. The van der Waals surface area contributed by atoms with Crippen LogP contribution in [0.25, 0.3) is 0 Å². The van der Waals surface area contributed by atoms with Gasteiger partial charge in [0.25, 0.3) is 0 Å². The second kappa shape index (κ2) is 8.54. The predicted octanol–water partition coefficient (Wildman–Crippen LogP) is -0.430. The van der Waals surface area contributed by atoms with Crippen LogP contribution in [0.5, 0.6) is 0 Å². The molecule has 110 valence electrons. The summed E-state index contributed by atoms with van der Waals surface area (Å²) < 4.78 is 10.2. The third-order valence-corrected chi connectivity index (χ3v) is 2.88. The van der Waals surface area contributed by atoms with E-state index in [-0.39, 0.29) is 17.9 Å². The lowest BCUT2D eigenvalue weighted by Crippen LogP contribution is -2.47. The molecule has 1 heterocycles. The topological polar surface area (TPSA) is 109 Å². The fourth-order valence-corrected chi connectivity index (χ4v) is 1.73. The number of nitrogens with zero attached hydrogens (tertiary/aromatic N) is 2. The number of carbonyl (C=O) groups is 1. The first-order valence-electron chi connectivity index (χ1n) is 6.26. The van der Waals surface area contributed by atoms with Gasteiger partial charge < -0.3 is 30.6 Å². The van der Waals surface area contributed by atoms with Gasteiger partial charge in [0.05, 0.1) is 19.3 Å². The second-order valence-corrected chi connectivity index (χ2v) is 4.33. The van der Waals surface area contributed by atoms with Crippen molar-refractivity contribution in [2.75, 3.05) is 40.0 Å². The predicted molar refractivity (Wildman–Crippen MR) is 69.2 cm³/mol. The molecule has 0 aliphatic carbocycles. The van der Waals surface area contributed by atoms with Crippen LogP contribution in [-0.4, -0.2) is 68.0 Å². The molecular formula is C11H22N4O4. The average Bonchev–Trinajstić information content (AvgIpc) is 2.91. The van der Waals surface area contributed by atoms with Gasteiger partial charge in [-0.15, -0.1) is 0 Å². The van der Waals surface area contributed by atoms with Gasteiger partial charge in [-0.3, -0.25) is 0 Å². The molecule has 1 rings (SSSR count). The monoisotopic (exact) mass is 274 g/mol. The van der Waals surface area contributed by atoms with Gasteiger partial charge in [0, 0.05) is 33.2 Å². The fourth-order valence-electron chi connectivity index (χ4n) is 1.73. The largest absolute Gasteiger partial charge is 0.409 e. The molecule has 0 bridgehead atoms. The lowest BCUT2D eigenvalue weighted by Gasteiger charge is -2.24. The number of urea groups is 1. The number of hydrogen-bond acceptors (Lipinski definition) is 5. The Bertz CT molecular complexity index is 305. The molecule has 1 aliphatic heterocycles. The van der Waals surface area contributed by atoms with E-state index in [0.717, 1.165) is 6.42 Å². The molecule has 0 saturated carbocycles. The van der Waals surface area contributed by atoms with Crippen molar-refractivity contribution < 1.29 is 19.5 Å². The van der Waals surface area contributed by atoms with E-state index in [4.69, 9.17) is 20.4 Å². The maximum Gasteiger partial charge on any atom is 0.317 e. The van der Waals surface area contributed by atoms with Gasteiger partial charge in [-0.2, -0.15) is 0 Å². The van der Waals surface area contributed by atoms with E-state index in [2.05, 4.69) is 10.5 Å². The van der Waals surface area contributed by atoms with Crippen molar-refractivity contribution in [3.63, 3.8) is 0 Å². The summed E-state index contributed by atoms with van der Waals surface area (Å²) in [5, 5.41) is 14.3. The number of rotatable bonds is 7. The van der Waals surface area contributed by atoms with Crippen LogP contribution >= 0.6 is 0 Å².